The van der Waals surface area contributed by atoms with Crippen LogP contribution in [0.1, 0.15) is 162 Å². The normalized spacial score (nSPS) is 10.2. The molecule has 0 atom stereocenters. The van der Waals surface area contributed by atoms with E-state index in [4.69, 9.17) is 4.74 Å². The minimum absolute atomic E-state index is 0.312. The van der Waals surface area contributed by atoms with Gasteiger partial charge in [0.1, 0.15) is 0 Å². The first-order valence-electron chi connectivity index (χ1n) is 15.1. The molecule has 0 radical (unpaired) electrons. The molecule has 37 heavy (non-hydrogen) atoms. The van der Waals surface area contributed by atoms with E-state index in [2.05, 4.69) is 30.2 Å². The second-order valence-electron chi connectivity index (χ2n) is 9.87. The van der Waals surface area contributed by atoms with Crippen LogP contribution < -0.4 is 0 Å². The van der Waals surface area contributed by atoms with Crippen molar-refractivity contribution in [3.63, 3.8) is 0 Å². The van der Waals surface area contributed by atoms with Crippen LogP contribution in [0.3, 0.4) is 0 Å². The highest BCUT2D eigenvalue weighted by Gasteiger charge is 2.05. The van der Waals surface area contributed by atoms with Crippen molar-refractivity contribution in [3.8, 4) is 0 Å². The molecule has 6 nitrogen and oxygen atoms in total. The van der Waals surface area contributed by atoms with E-state index in [-0.39, 0.29) is 5.97 Å². The van der Waals surface area contributed by atoms with E-state index in [0.717, 1.165) is 32.1 Å². The Morgan fingerprint density at radius 2 is 0.946 bits per heavy atom. The average Bonchev–Trinajstić information content (AvgIpc) is 2.89. The van der Waals surface area contributed by atoms with Gasteiger partial charge in [-0.25, -0.2) is 24.2 Å². The predicted octanol–water partition coefficient (Wildman–Crippen LogP) is 9.35. The third kappa shape index (κ3) is 36.4. The first-order valence-corrected chi connectivity index (χ1v) is 15.1. The second-order valence-corrected chi connectivity index (χ2v) is 9.87. The minimum Gasteiger partial charge on any atom is -0.463 e. The standard InChI is InChI=1S/C20H38O4.C11H20O2/c1-3-4-5-6-7-8-9-10-11-12-13-14-15-16-17-18-20(22)24-23-19(2)21;1-3-5-6-7-8-9-10-13-11(12)4-2/h3-18H2,1-2H3;4H,2-3,5-10H2,1H3. The van der Waals surface area contributed by atoms with Crippen molar-refractivity contribution in [2.45, 2.75) is 162 Å². The number of unbranched alkanes of at least 4 members (excludes halogenated alkanes) is 19. The van der Waals surface area contributed by atoms with E-state index in [9.17, 15) is 14.4 Å². The Balaban J connectivity index is 0. The van der Waals surface area contributed by atoms with Gasteiger partial charge in [-0.15, -0.1) is 0 Å². The summed E-state index contributed by atoms with van der Waals surface area (Å²) in [5, 5.41) is 0. The van der Waals surface area contributed by atoms with E-state index >= 15 is 0 Å². The van der Waals surface area contributed by atoms with Crippen LogP contribution in [-0.2, 0) is 28.9 Å². The fraction of sp³-hybridized carbons (Fsp3) is 0.839. The zero-order valence-corrected chi connectivity index (χ0v) is 24.5. The number of carbonyl (C=O) groups excluding carboxylic acids is 3. The molecule has 0 aliphatic heterocycles. The lowest BCUT2D eigenvalue weighted by atomic mass is 10.0. The van der Waals surface area contributed by atoms with Crippen LogP contribution in [0.2, 0.25) is 0 Å². The monoisotopic (exact) mass is 526 g/mol. The molecule has 0 saturated heterocycles. The van der Waals surface area contributed by atoms with Crippen LogP contribution in [-0.4, -0.2) is 24.5 Å². The summed E-state index contributed by atoms with van der Waals surface area (Å²) in [5.74, 6) is -1.37. The Morgan fingerprint density at radius 1 is 0.568 bits per heavy atom. The molecule has 6 heteroatoms. The molecule has 0 aromatic heterocycles. The Hall–Kier alpha value is -1.85. The summed E-state index contributed by atoms with van der Waals surface area (Å²) in [6, 6.07) is 0. The van der Waals surface area contributed by atoms with Crippen LogP contribution in [0.25, 0.3) is 0 Å². The van der Waals surface area contributed by atoms with Gasteiger partial charge in [0.25, 0.3) is 0 Å². The maximum absolute atomic E-state index is 11.2. The summed E-state index contributed by atoms with van der Waals surface area (Å²) in [6.45, 7) is 9.54. The summed E-state index contributed by atoms with van der Waals surface area (Å²) in [4.78, 5) is 40.8. The van der Waals surface area contributed by atoms with E-state index < -0.39 is 11.9 Å². The molecule has 0 amide bonds. The third-order valence-corrected chi connectivity index (χ3v) is 6.15. The van der Waals surface area contributed by atoms with Gasteiger partial charge in [0.15, 0.2) is 0 Å². The Kier molecular flexibility index (Phi) is 32.4. The fourth-order valence-electron chi connectivity index (χ4n) is 3.90. The number of hydrogen-bond donors (Lipinski definition) is 0. The summed E-state index contributed by atoms with van der Waals surface area (Å²) in [7, 11) is 0. The molecule has 0 fully saturated rings. The Morgan fingerprint density at radius 3 is 1.32 bits per heavy atom. The third-order valence-electron chi connectivity index (χ3n) is 6.15. The van der Waals surface area contributed by atoms with Crippen molar-refractivity contribution in [3.05, 3.63) is 12.7 Å². The first-order chi connectivity index (χ1) is 18.0. The van der Waals surface area contributed by atoms with Gasteiger partial charge in [-0.05, 0) is 12.8 Å². The molecular formula is C31H58O6. The highest BCUT2D eigenvalue weighted by atomic mass is 17.2. The number of hydrogen-bond acceptors (Lipinski definition) is 6. The summed E-state index contributed by atoms with van der Waals surface area (Å²) in [6.07, 6.45) is 28.2. The maximum atomic E-state index is 11.2. The number of carbonyl (C=O) groups is 3. The van der Waals surface area contributed by atoms with Crippen molar-refractivity contribution < 1.29 is 28.9 Å². The zero-order valence-electron chi connectivity index (χ0n) is 24.5. The summed E-state index contributed by atoms with van der Waals surface area (Å²) >= 11 is 0. The van der Waals surface area contributed by atoms with Gasteiger partial charge in [0.05, 0.1) is 13.0 Å². The molecule has 0 rings (SSSR count). The predicted molar refractivity (Wildman–Crippen MR) is 152 cm³/mol. The van der Waals surface area contributed by atoms with E-state index in [1.54, 1.807) is 0 Å². The highest BCUT2D eigenvalue weighted by Crippen LogP contribution is 2.14. The van der Waals surface area contributed by atoms with E-state index in [1.807, 2.05) is 0 Å². The van der Waals surface area contributed by atoms with E-state index in [0.29, 0.717) is 13.0 Å². The molecule has 0 aromatic carbocycles. The molecular weight excluding hydrogens is 468 g/mol. The fourth-order valence-corrected chi connectivity index (χ4v) is 3.90. The molecule has 0 aromatic rings. The van der Waals surface area contributed by atoms with Crippen molar-refractivity contribution in [2.75, 3.05) is 6.61 Å². The van der Waals surface area contributed by atoms with Gasteiger partial charge in [0.2, 0.25) is 0 Å². The summed E-state index contributed by atoms with van der Waals surface area (Å²) in [5.41, 5.74) is 0. The number of esters is 1. The van der Waals surface area contributed by atoms with E-state index in [1.165, 1.54) is 116 Å². The van der Waals surface area contributed by atoms with Crippen molar-refractivity contribution in [2.24, 2.45) is 0 Å². The lowest BCUT2D eigenvalue weighted by Gasteiger charge is -2.03. The molecule has 0 aliphatic rings. The average molecular weight is 527 g/mol. The first kappa shape index (κ1) is 37.3. The zero-order chi connectivity index (χ0) is 27.8. The van der Waals surface area contributed by atoms with Gasteiger partial charge in [-0.1, -0.05) is 142 Å². The second kappa shape index (κ2) is 32.2. The lowest BCUT2D eigenvalue weighted by molar-refractivity contribution is -0.257. The molecule has 0 heterocycles. The van der Waals surface area contributed by atoms with Gasteiger partial charge in [-0.2, -0.15) is 0 Å². The van der Waals surface area contributed by atoms with Crippen LogP contribution in [0, 0.1) is 0 Å². The molecule has 0 bridgehead atoms. The van der Waals surface area contributed by atoms with Gasteiger partial charge in [0, 0.05) is 13.0 Å². The molecule has 0 N–H and O–H groups in total. The van der Waals surface area contributed by atoms with Crippen molar-refractivity contribution in [1.82, 2.24) is 0 Å². The van der Waals surface area contributed by atoms with Gasteiger partial charge < -0.3 is 4.74 Å². The Bertz CT molecular complexity index is 532. The lowest BCUT2D eigenvalue weighted by Crippen LogP contribution is -2.08. The number of rotatable bonds is 24. The molecule has 218 valence electrons. The largest absolute Gasteiger partial charge is 0.463 e. The van der Waals surface area contributed by atoms with Crippen LogP contribution in [0.5, 0.6) is 0 Å². The van der Waals surface area contributed by atoms with Crippen LogP contribution >= 0.6 is 0 Å². The van der Waals surface area contributed by atoms with Crippen molar-refractivity contribution >= 4 is 17.9 Å². The SMILES string of the molecule is C=CC(=O)OCCCCCCCC.CCCCCCCCCCCCCCCCCC(=O)OOC(C)=O. The maximum Gasteiger partial charge on any atom is 0.355 e. The number of ether oxygens (including phenoxy) is 1. The molecule has 0 unspecified atom stereocenters. The summed E-state index contributed by atoms with van der Waals surface area (Å²) < 4.78 is 4.84. The van der Waals surface area contributed by atoms with Crippen molar-refractivity contribution in [1.29, 1.82) is 0 Å². The Labute approximate surface area is 228 Å². The highest BCUT2D eigenvalue weighted by molar-refractivity contribution is 5.81. The minimum atomic E-state index is -0.597. The van der Waals surface area contributed by atoms with Crippen LogP contribution in [0.4, 0.5) is 0 Å². The topological polar surface area (TPSA) is 78.9 Å². The smallest absolute Gasteiger partial charge is 0.355 e. The van der Waals surface area contributed by atoms with Gasteiger partial charge >= 0.3 is 17.9 Å². The van der Waals surface area contributed by atoms with Crippen LogP contribution in [0.15, 0.2) is 12.7 Å². The molecule has 0 saturated carbocycles. The quantitative estimate of drug-likeness (QED) is 0.0410. The molecule has 0 aliphatic carbocycles. The molecule has 0 spiro atoms. The van der Waals surface area contributed by atoms with Gasteiger partial charge in [-0.3, -0.25) is 0 Å².